The first-order valence-electron chi connectivity index (χ1n) is 8.18. The molecule has 0 spiro atoms. The fraction of sp³-hybridized carbons (Fsp3) is 0.412. The van der Waals surface area contributed by atoms with Crippen molar-refractivity contribution in [3.63, 3.8) is 0 Å². The van der Waals surface area contributed by atoms with E-state index in [2.05, 4.69) is 10.3 Å². The summed E-state index contributed by atoms with van der Waals surface area (Å²) in [5.74, 6) is -0.133. The van der Waals surface area contributed by atoms with Crippen LogP contribution < -0.4 is 10.2 Å². The van der Waals surface area contributed by atoms with E-state index < -0.39 is 11.7 Å². The van der Waals surface area contributed by atoms with Gasteiger partial charge in [-0.05, 0) is 25.1 Å². The van der Waals surface area contributed by atoms with E-state index in [1.807, 2.05) is 22.1 Å². The third kappa shape index (κ3) is 4.73. The Morgan fingerprint density at radius 3 is 2.62 bits per heavy atom. The summed E-state index contributed by atoms with van der Waals surface area (Å²) in [6.07, 6.45) is -4.34. The number of thiazole rings is 1. The standard InChI is InChI=1S/C17H19F3N4OS/c1-12-11-26-16(21-12)22-15(25)10-23-5-7-24(8-6-23)14-4-2-3-13(9-14)17(18,19)20/h2-4,9,11H,5-8,10H2,1H3,(H,21,22,25). The largest absolute Gasteiger partial charge is 0.416 e. The van der Waals surface area contributed by atoms with E-state index in [1.54, 1.807) is 6.07 Å². The van der Waals surface area contributed by atoms with Crippen molar-refractivity contribution < 1.29 is 18.0 Å². The Labute approximate surface area is 153 Å². The summed E-state index contributed by atoms with van der Waals surface area (Å²) >= 11 is 1.38. The lowest BCUT2D eigenvalue weighted by atomic mass is 10.1. The SMILES string of the molecule is Cc1csc(NC(=O)CN2CCN(c3cccc(C(F)(F)F)c3)CC2)n1. The van der Waals surface area contributed by atoms with Gasteiger partial charge in [0.1, 0.15) is 0 Å². The van der Waals surface area contributed by atoms with Gasteiger partial charge in [-0.15, -0.1) is 11.3 Å². The Hall–Kier alpha value is -2.13. The number of aryl methyl sites for hydroxylation is 1. The van der Waals surface area contributed by atoms with Crippen molar-refractivity contribution in [3.05, 3.63) is 40.9 Å². The van der Waals surface area contributed by atoms with Crippen LogP contribution in [0.1, 0.15) is 11.3 Å². The second kappa shape index (κ2) is 7.63. The summed E-state index contributed by atoms with van der Waals surface area (Å²) in [5.41, 5.74) is 0.776. The van der Waals surface area contributed by atoms with Crippen LogP contribution in [-0.4, -0.2) is 48.5 Å². The topological polar surface area (TPSA) is 48.5 Å². The minimum absolute atomic E-state index is 0.133. The molecule has 1 aromatic carbocycles. The van der Waals surface area contributed by atoms with Crippen LogP contribution in [-0.2, 0) is 11.0 Å². The number of piperazine rings is 1. The molecule has 140 valence electrons. The molecule has 1 aliphatic rings. The molecule has 0 bridgehead atoms. The van der Waals surface area contributed by atoms with Crippen molar-refractivity contribution in [2.45, 2.75) is 13.1 Å². The molecule has 3 rings (SSSR count). The number of rotatable bonds is 4. The first-order chi connectivity index (χ1) is 12.3. The molecule has 0 unspecified atom stereocenters. The van der Waals surface area contributed by atoms with Crippen LogP contribution in [0, 0.1) is 6.92 Å². The first kappa shape index (κ1) is 18.7. The third-order valence-electron chi connectivity index (χ3n) is 4.14. The molecule has 1 saturated heterocycles. The van der Waals surface area contributed by atoms with Gasteiger partial charge >= 0.3 is 6.18 Å². The van der Waals surface area contributed by atoms with Gasteiger partial charge < -0.3 is 10.2 Å². The average Bonchev–Trinajstić information content (AvgIpc) is 2.99. The van der Waals surface area contributed by atoms with Gasteiger partial charge in [0.25, 0.3) is 0 Å². The zero-order chi connectivity index (χ0) is 18.7. The fourth-order valence-corrected chi connectivity index (χ4v) is 3.52. The first-order valence-corrected chi connectivity index (χ1v) is 9.06. The van der Waals surface area contributed by atoms with Gasteiger partial charge in [0, 0.05) is 37.2 Å². The van der Waals surface area contributed by atoms with Crippen LogP contribution in [0.5, 0.6) is 0 Å². The lowest BCUT2D eigenvalue weighted by Crippen LogP contribution is -2.48. The average molecular weight is 384 g/mol. The molecular formula is C17H19F3N4OS. The van der Waals surface area contributed by atoms with Crippen LogP contribution >= 0.6 is 11.3 Å². The van der Waals surface area contributed by atoms with E-state index >= 15 is 0 Å². The van der Waals surface area contributed by atoms with E-state index in [-0.39, 0.29) is 12.5 Å². The lowest BCUT2D eigenvalue weighted by molar-refractivity contribution is -0.137. The monoisotopic (exact) mass is 384 g/mol. The molecule has 1 amide bonds. The molecule has 0 aliphatic carbocycles. The normalized spacial score (nSPS) is 15.9. The predicted octanol–water partition coefficient (Wildman–Crippen LogP) is 3.23. The molecule has 0 atom stereocenters. The second-order valence-electron chi connectivity index (χ2n) is 6.15. The van der Waals surface area contributed by atoms with Crippen molar-refractivity contribution >= 4 is 28.1 Å². The number of hydrogen-bond acceptors (Lipinski definition) is 5. The Morgan fingerprint density at radius 1 is 1.27 bits per heavy atom. The van der Waals surface area contributed by atoms with Gasteiger partial charge in [0.2, 0.25) is 5.91 Å². The number of carbonyl (C=O) groups is 1. The summed E-state index contributed by atoms with van der Waals surface area (Å²) < 4.78 is 38.5. The maximum Gasteiger partial charge on any atom is 0.416 e. The van der Waals surface area contributed by atoms with Gasteiger partial charge in [-0.25, -0.2) is 4.98 Å². The van der Waals surface area contributed by atoms with Crippen LogP contribution in [0.3, 0.4) is 0 Å². The summed E-state index contributed by atoms with van der Waals surface area (Å²) in [4.78, 5) is 20.2. The molecule has 5 nitrogen and oxygen atoms in total. The van der Waals surface area contributed by atoms with Crippen LogP contribution in [0.4, 0.5) is 24.0 Å². The Kier molecular flexibility index (Phi) is 5.47. The summed E-state index contributed by atoms with van der Waals surface area (Å²) in [6, 6.07) is 5.36. The number of halogens is 3. The van der Waals surface area contributed by atoms with Crippen molar-refractivity contribution in [3.8, 4) is 0 Å². The van der Waals surface area contributed by atoms with Gasteiger partial charge in [0.05, 0.1) is 17.8 Å². The number of benzene rings is 1. The second-order valence-corrected chi connectivity index (χ2v) is 7.01. The van der Waals surface area contributed by atoms with E-state index in [0.717, 1.165) is 11.8 Å². The van der Waals surface area contributed by atoms with E-state index in [0.29, 0.717) is 37.0 Å². The van der Waals surface area contributed by atoms with Crippen molar-refractivity contribution in [2.75, 3.05) is 42.9 Å². The third-order valence-corrected chi connectivity index (χ3v) is 5.02. The molecule has 1 aromatic heterocycles. The molecule has 1 aliphatic heterocycles. The van der Waals surface area contributed by atoms with E-state index in [1.165, 1.54) is 23.5 Å². The highest BCUT2D eigenvalue weighted by Gasteiger charge is 2.31. The summed E-state index contributed by atoms with van der Waals surface area (Å²) in [6.45, 7) is 4.48. The molecule has 9 heteroatoms. The molecular weight excluding hydrogens is 365 g/mol. The molecule has 2 aromatic rings. The minimum Gasteiger partial charge on any atom is -0.369 e. The highest BCUT2D eigenvalue weighted by Crippen LogP contribution is 2.31. The smallest absolute Gasteiger partial charge is 0.369 e. The van der Waals surface area contributed by atoms with Gasteiger partial charge in [-0.3, -0.25) is 9.69 Å². The van der Waals surface area contributed by atoms with Crippen molar-refractivity contribution in [1.29, 1.82) is 0 Å². The Morgan fingerprint density at radius 2 is 2.00 bits per heavy atom. The number of aromatic nitrogens is 1. The summed E-state index contributed by atoms with van der Waals surface area (Å²) in [5, 5.41) is 5.21. The number of nitrogens with one attached hydrogen (secondary N) is 1. The molecule has 2 heterocycles. The molecule has 0 saturated carbocycles. The predicted molar refractivity (Wildman–Crippen MR) is 95.6 cm³/mol. The van der Waals surface area contributed by atoms with E-state index in [4.69, 9.17) is 0 Å². The molecule has 1 N–H and O–H groups in total. The van der Waals surface area contributed by atoms with Gasteiger partial charge in [-0.2, -0.15) is 13.2 Å². The molecule has 1 fully saturated rings. The number of hydrogen-bond donors (Lipinski definition) is 1. The zero-order valence-corrected chi connectivity index (χ0v) is 15.0. The Bertz CT molecular complexity index is 769. The fourth-order valence-electron chi connectivity index (χ4n) is 2.82. The lowest BCUT2D eigenvalue weighted by Gasteiger charge is -2.35. The number of nitrogens with zero attached hydrogens (tertiary/aromatic N) is 3. The number of anilines is 2. The number of amides is 1. The maximum atomic E-state index is 12.8. The quantitative estimate of drug-likeness (QED) is 0.879. The van der Waals surface area contributed by atoms with Crippen LogP contribution in [0.2, 0.25) is 0 Å². The van der Waals surface area contributed by atoms with Crippen LogP contribution in [0.15, 0.2) is 29.6 Å². The highest BCUT2D eigenvalue weighted by molar-refractivity contribution is 7.13. The Balaban J connectivity index is 1.52. The maximum absolute atomic E-state index is 12.8. The number of alkyl halides is 3. The molecule has 26 heavy (non-hydrogen) atoms. The van der Waals surface area contributed by atoms with Gasteiger partial charge in [0.15, 0.2) is 5.13 Å². The molecule has 0 radical (unpaired) electrons. The zero-order valence-electron chi connectivity index (χ0n) is 14.2. The van der Waals surface area contributed by atoms with Crippen LogP contribution in [0.25, 0.3) is 0 Å². The highest BCUT2D eigenvalue weighted by atomic mass is 32.1. The van der Waals surface area contributed by atoms with Crippen molar-refractivity contribution in [2.24, 2.45) is 0 Å². The number of carbonyl (C=O) groups excluding carboxylic acids is 1. The van der Waals surface area contributed by atoms with Gasteiger partial charge in [-0.1, -0.05) is 6.07 Å². The van der Waals surface area contributed by atoms with Crippen molar-refractivity contribution in [1.82, 2.24) is 9.88 Å². The van der Waals surface area contributed by atoms with E-state index in [9.17, 15) is 18.0 Å². The minimum atomic E-state index is -4.34. The summed E-state index contributed by atoms with van der Waals surface area (Å²) in [7, 11) is 0.